The van der Waals surface area contributed by atoms with E-state index in [0.717, 1.165) is 37.4 Å². The van der Waals surface area contributed by atoms with Gasteiger partial charge in [-0.25, -0.2) is 4.98 Å². The van der Waals surface area contributed by atoms with Gasteiger partial charge in [-0.3, -0.25) is 9.97 Å². The van der Waals surface area contributed by atoms with Gasteiger partial charge < -0.3 is 9.52 Å². The molecule has 5 nitrogen and oxygen atoms in total. The zero-order valence-electron chi connectivity index (χ0n) is 24.3. The molecule has 0 saturated heterocycles. The smallest absolute Gasteiger partial charge is 0.154 e. The average molecular weight is 771 g/mol. The van der Waals surface area contributed by atoms with Crippen molar-refractivity contribution in [2.24, 2.45) is 0 Å². The van der Waals surface area contributed by atoms with E-state index in [-0.39, 0.29) is 31.3 Å². The summed E-state index contributed by atoms with van der Waals surface area (Å²) in [6.07, 6.45) is 3.54. The maximum Gasteiger partial charge on any atom is 0.154 e. The molecule has 0 amide bonds. The molecular formula is C37H28IrN3O2S-. The molecule has 7 heteroatoms. The number of phenols is 1. The van der Waals surface area contributed by atoms with Crippen molar-refractivity contribution >= 4 is 54.4 Å². The van der Waals surface area contributed by atoms with E-state index in [2.05, 4.69) is 74.3 Å². The summed E-state index contributed by atoms with van der Waals surface area (Å²) in [4.78, 5) is 13.8. The number of fused-ring (bicyclic) bond motifs is 5. The van der Waals surface area contributed by atoms with Crippen LogP contribution in [0.5, 0.6) is 5.75 Å². The third-order valence-corrected chi connectivity index (χ3v) is 8.52. The SMILES string of the molecule is CC(C)(C)c1cc(-c2nccc3nc(-c4ccccc4)sc23)[c-]c2ccccc12.Oc1cccc2oc3cccnc3c12.[Ir]. The van der Waals surface area contributed by atoms with E-state index < -0.39 is 0 Å². The molecule has 0 aliphatic carbocycles. The van der Waals surface area contributed by atoms with Gasteiger partial charge in [-0.15, -0.1) is 40.5 Å². The molecule has 0 atom stereocenters. The molecule has 1 N–H and O–H groups in total. The zero-order chi connectivity index (χ0) is 29.6. The topological polar surface area (TPSA) is 72.0 Å². The van der Waals surface area contributed by atoms with Crippen LogP contribution in [0.25, 0.3) is 64.9 Å². The predicted molar refractivity (Wildman–Crippen MR) is 177 cm³/mol. The van der Waals surface area contributed by atoms with Gasteiger partial charge in [-0.2, -0.15) is 0 Å². The number of thiazole rings is 1. The van der Waals surface area contributed by atoms with Gasteiger partial charge in [0.15, 0.2) is 5.58 Å². The van der Waals surface area contributed by atoms with Crippen LogP contribution < -0.4 is 0 Å². The summed E-state index contributed by atoms with van der Waals surface area (Å²) < 4.78 is 6.62. The fraction of sp³-hybridized carbons (Fsp3) is 0.108. The van der Waals surface area contributed by atoms with Crippen LogP contribution in [0.3, 0.4) is 0 Å². The molecule has 8 aromatic rings. The summed E-state index contributed by atoms with van der Waals surface area (Å²) in [5.74, 6) is 0.208. The van der Waals surface area contributed by atoms with Crippen molar-refractivity contribution in [3.63, 3.8) is 0 Å². The molecule has 1 radical (unpaired) electrons. The molecule has 0 bridgehead atoms. The molecule has 219 valence electrons. The molecule has 4 heterocycles. The number of hydrogen-bond acceptors (Lipinski definition) is 6. The van der Waals surface area contributed by atoms with Crippen LogP contribution in [0.15, 0.2) is 114 Å². The predicted octanol–water partition coefficient (Wildman–Crippen LogP) is 9.96. The van der Waals surface area contributed by atoms with Crippen LogP contribution in [-0.4, -0.2) is 20.1 Å². The Morgan fingerprint density at radius 2 is 1.57 bits per heavy atom. The number of nitrogens with zero attached hydrogens (tertiary/aromatic N) is 3. The van der Waals surface area contributed by atoms with Gasteiger partial charge in [-0.1, -0.05) is 86.3 Å². The van der Waals surface area contributed by atoms with Gasteiger partial charge in [0.1, 0.15) is 21.9 Å². The minimum absolute atomic E-state index is 0. The number of rotatable bonds is 2. The quantitative estimate of drug-likeness (QED) is 0.177. The Kier molecular flexibility index (Phi) is 8.04. The number of phenolic OH excluding ortho intramolecular Hbond substituents is 1. The molecule has 8 rings (SSSR count). The van der Waals surface area contributed by atoms with Crippen molar-refractivity contribution < 1.29 is 29.6 Å². The van der Waals surface area contributed by atoms with Gasteiger partial charge in [0.2, 0.25) is 0 Å². The fourth-order valence-electron chi connectivity index (χ4n) is 5.35. The Morgan fingerprint density at radius 1 is 0.795 bits per heavy atom. The largest absolute Gasteiger partial charge is 0.507 e. The molecule has 0 saturated carbocycles. The van der Waals surface area contributed by atoms with Crippen LogP contribution in [-0.2, 0) is 25.5 Å². The molecule has 4 aromatic carbocycles. The summed E-state index contributed by atoms with van der Waals surface area (Å²) in [6.45, 7) is 6.77. The summed E-state index contributed by atoms with van der Waals surface area (Å²) in [6, 6.07) is 35.5. The number of benzene rings is 4. The maximum absolute atomic E-state index is 9.66. The van der Waals surface area contributed by atoms with E-state index >= 15 is 0 Å². The first kappa shape index (κ1) is 29.6. The minimum atomic E-state index is 0. The van der Waals surface area contributed by atoms with Crippen molar-refractivity contribution in [1.29, 1.82) is 0 Å². The maximum atomic E-state index is 9.66. The van der Waals surface area contributed by atoms with Gasteiger partial charge in [0.05, 0.1) is 10.9 Å². The summed E-state index contributed by atoms with van der Waals surface area (Å²) in [5, 5.41) is 13.7. The standard InChI is InChI=1S/C26H21N2S.C11H7NO2.Ir/c1-26(2,3)21-16-19(15-18-11-7-8-12-20(18)21)23-24-22(13-14-27-23)28-25(29-24)17-9-5-4-6-10-17;13-7-3-1-4-8-10(7)11-9(14-8)5-2-6-12-11;/h4-14,16H,1-3H3;1-6,13H;/q-1;;. The summed E-state index contributed by atoms with van der Waals surface area (Å²) >= 11 is 1.70. The monoisotopic (exact) mass is 771 g/mol. The van der Waals surface area contributed by atoms with E-state index in [4.69, 9.17) is 14.4 Å². The van der Waals surface area contributed by atoms with E-state index in [9.17, 15) is 5.11 Å². The molecule has 0 fully saturated rings. The number of hydrogen-bond donors (Lipinski definition) is 1. The number of pyridine rings is 2. The van der Waals surface area contributed by atoms with Crippen LogP contribution in [0, 0.1) is 6.07 Å². The Morgan fingerprint density at radius 3 is 2.39 bits per heavy atom. The average Bonchev–Trinajstić information content (AvgIpc) is 3.63. The Balaban J connectivity index is 0.000000191. The van der Waals surface area contributed by atoms with Crippen LogP contribution in [0.4, 0.5) is 0 Å². The Labute approximate surface area is 272 Å². The van der Waals surface area contributed by atoms with E-state index in [1.807, 2.05) is 48.7 Å². The molecule has 0 aliphatic rings. The van der Waals surface area contributed by atoms with Crippen molar-refractivity contribution in [1.82, 2.24) is 15.0 Å². The number of furan rings is 1. The zero-order valence-corrected chi connectivity index (χ0v) is 27.5. The van der Waals surface area contributed by atoms with E-state index in [1.54, 1.807) is 29.7 Å². The van der Waals surface area contributed by atoms with Crippen molar-refractivity contribution in [3.8, 4) is 27.6 Å². The van der Waals surface area contributed by atoms with Crippen LogP contribution >= 0.6 is 11.3 Å². The second-order valence-electron chi connectivity index (χ2n) is 11.4. The summed E-state index contributed by atoms with van der Waals surface area (Å²) in [7, 11) is 0. The minimum Gasteiger partial charge on any atom is -0.507 e. The van der Waals surface area contributed by atoms with Gasteiger partial charge in [-0.05, 0) is 35.7 Å². The molecule has 0 spiro atoms. The first-order valence-corrected chi connectivity index (χ1v) is 14.9. The molecule has 4 aromatic heterocycles. The fourth-order valence-corrected chi connectivity index (χ4v) is 6.42. The molecule has 0 unspecified atom stereocenters. The molecule has 0 aliphatic heterocycles. The van der Waals surface area contributed by atoms with Crippen molar-refractivity contribution in [3.05, 3.63) is 121 Å². The summed E-state index contributed by atoms with van der Waals surface area (Å²) in [5.41, 5.74) is 7.52. The first-order chi connectivity index (χ1) is 20.9. The van der Waals surface area contributed by atoms with Crippen LogP contribution in [0.1, 0.15) is 26.3 Å². The molecular weight excluding hydrogens is 743 g/mol. The van der Waals surface area contributed by atoms with E-state index in [0.29, 0.717) is 22.1 Å². The van der Waals surface area contributed by atoms with Crippen LogP contribution in [0.2, 0.25) is 0 Å². The normalized spacial score (nSPS) is 11.4. The number of aromatic nitrogens is 3. The van der Waals surface area contributed by atoms with Gasteiger partial charge in [0, 0.05) is 48.5 Å². The third-order valence-electron chi connectivity index (χ3n) is 7.40. The number of aromatic hydroxyl groups is 1. The van der Waals surface area contributed by atoms with E-state index in [1.165, 1.54) is 10.9 Å². The van der Waals surface area contributed by atoms with Crippen molar-refractivity contribution in [2.75, 3.05) is 0 Å². The second-order valence-corrected chi connectivity index (χ2v) is 12.4. The Bertz CT molecular complexity index is 2250. The molecule has 44 heavy (non-hydrogen) atoms. The second kappa shape index (κ2) is 11.9. The third kappa shape index (κ3) is 5.50. The first-order valence-electron chi connectivity index (χ1n) is 14.1. The van der Waals surface area contributed by atoms with Gasteiger partial charge >= 0.3 is 0 Å². The van der Waals surface area contributed by atoms with Gasteiger partial charge in [0.25, 0.3) is 0 Å². The van der Waals surface area contributed by atoms with Crippen molar-refractivity contribution in [2.45, 2.75) is 26.2 Å². The Hall–Kier alpha value is -4.42.